The molecule has 180 valence electrons. The second-order valence-electron chi connectivity index (χ2n) is 7.54. The molecule has 4 rings (SSSR count). The fourth-order valence-corrected chi connectivity index (χ4v) is 5.64. The molecule has 0 aliphatic heterocycles. The first kappa shape index (κ1) is 24.1. The number of carbonyl (C=O) groups is 2. The number of methoxy groups -OCH3 is 2. The zero-order valence-electron chi connectivity index (χ0n) is 19.2. The van der Waals surface area contributed by atoms with Gasteiger partial charge >= 0.3 is 5.97 Å². The van der Waals surface area contributed by atoms with Crippen LogP contribution in [0.2, 0.25) is 0 Å². The Balaban J connectivity index is 1.43. The Kier molecular flexibility index (Phi) is 7.73. The number of H-pyrrole nitrogens is 1. The van der Waals surface area contributed by atoms with E-state index in [1.165, 1.54) is 23.1 Å². The summed E-state index contributed by atoms with van der Waals surface area (Å²) in [6.45, 7) is 2.07. The van der Waals surface area contributed by atoms with Crippen LogP contribution in [0.25, 0.3) is 11.4 Å². The van der Waals surface area contributed by atoms with Crippen LogP contribution in [0.3, 0.4) is 0 Å². The Hall–Kier alpha value is -3.05. The lowest BCUT2D eigenvalue weighted by molar-refractivity contribution is -0.113. The number of aryl methyl sites for hydroxylation is 1. The molecule has 0 spiro atoms. The fraction of sp³-hybridized carbons (Fsp3) is 0.391. The number of amides is 1. The smallest absolute Gasteiger partial charge is 0.341 e. The summed E-state index contributed by atoms with van der Waals surface area (Å²) in [6.07, 6.45) is 3.88. The predicted octanol–water partition coefficient (Wildman–Crippen LogP) is 4.34. The first-order valence-corrected chi connectivity index (χ1v) is 12.7. The third-order valence-corrected chi connectivity index (χ3v) is 7.38. The lowest BCUT2D eigenvalue weighted by Crippen LogP contribution is -2.17. The molecule has 34 heavy (non-hydrogen) atoms. The Labute approximate surface area is 205 Å². The van der Waals surface area contributed by atoms with Crippen LogP contribution in [0.15, 0.2) is 23.4 Å². The number of fused-ring (bicyclic) bond motifs is 1. The standard InChI is InChI=1S/C23H26N4O5S2/c1-4-32-22(29)19-16-7-5-6-8-17(16)34-21(19)24-18(28)12-33-23-25-20(26-27-23)13-9-14(30-2)11-15(10-13)31-3/h9-11H,4-8,12H2,1-3H3,(H,24,28)(H,25,26,27). The number of thioether (sulfide) groups is 1. The average molecular weight is 503 g/mol. The van der Waals surface area contributed by atoms with E-state index in [4.69, 9.17) is 14.2 Å². The Morgan fingerprint density at radius 1 is 1.15 bits per heavy atom. The number of benzene rings is 1. The van der Waals surface area contributed by atoms with E-state index in [0.717, 1.165) is 41.7 Å². The first-order chi connectivity index (χ1) is 16.5. The van der Waals surface area contributed by atoms with Crippen molar-refractivity contribution in [1.29, 1.82) is 0 Å². The van der Waals surface area contributed by atoms with Gasteiger partial charge in [0.05, 0.1) is 32.1 Å². The van der Waals surface area contributed by atoms with E-state index < -0.39 is 0 Å². The van der Waals surface area contributed by atoms with Crippen molar-refractivity contribution in [3.05, 3.63) is 34.2 Å². The summed E-state index contributed by atoms with van der Waals surface area (Å²) in [7, 11) is 3.16. The van der Waals surface area contributed by atoms with Crippen LogP contribution in [-0.4, -0.2) is 53.6 Å². The number of ether oxygens (including phenoxy) is 3. The first-order valence-electron chi connectivity index (χ1n) is 10.9. The zero-order chi connectivity index (χ0) is 24.1. The minimum atomic E-state index is -0.378. The lowest BCUT2D eigenvalue weighted by atomic mass is 9.95. The van der Waals surface area contributed by atoms with E-state index in [-0.39, 0.29) is 17.6 Å². The number of hydrogen-bond acceptors (Lipinski definition) is 9. The molecular formula is C23H26N4O5S2. The minimum Gasteiger partial charge on any atom is -0.497 e. The highest BCUT2D eigenvalue weighted by molar-refractivity contribution is 7.99. The Morgan fingerprint density at radius 2 is 1.88 bits per heavy atom. The maximum Gasteiger partial charge on any atom is 0.341 e. The van der Waals surface area contributed by atoms with Gasteiger partial charge in [-0.1, -0.05) is 11.8 Å². The van der Waals surface area contributed by atoms with Gasteiger partial charge in [-0.25, -0.2) is 9.78 Å². The van der Waals surface area contributed by atoms with Crippen molar-refractivity contribution in [2.45, 2.75) is 37.8 Å². The number of thiophene rings is 1. The van der Waals surface area contributed by atoms with Crippen LogP contribution < -0.4 is 14.8 Å². The molecule has 1 amide bonds. The molecule has 0 atom stereocenters. The molecule has 0 saturated heterocycles. The maximum atomic E-state index is 12.7. The van der Waals surface area contributed by atoms with E-state index in [2.05, 4.69) is 20.5 Å². The van der Waals surface area contributed by atoms with Crippen LogP contribution in [0.5, 0.6) is 11.5 Å². The highest BCUT2D eigenvalue weighted by Gasteiger charge is 2.27. The van der Waals surface area contributed by atoms with E-state index >= 15 is 0 Å². The molecule has 0 bridgehead atoms. The van der Waals surface area contributed by atoms with Crippen molar-refractivity contribution in [3.63, 3.8) is 0 Å². The summed E-state index contributed by atoms with van der Waals surface area (Å²) in [5.41, 5.74) is 2.28. The predicted molar refractivity (Wildman–Crippen MR) is 131 cm³/mol. The van der Waals surface area contributed by atoms with Crippen molar-refractivity contribution < 1.29 is 23.8 Å². The number of aromatic nitrogens is 3. The Bertz CT molecular complexity index is 1170. The molecule has 3 aromatic rings. The number of rotatable bonds is 9. The van der Waals surface area contributed by atoms with Crippen LogP contribution in [0.4, 0.5) is 5.00 Å². The molecule has 0 saturated carbocycles. The number of nitrogens with one attached hydrogen (secondary N) is 2. The van der Waals surface area contributed by atoms with E-state index in [1.807, 2.05) is 12.1 Å². The monoisotopic (exact) mass is 502 g/mol. The van der Waals surface area contributed by atoms with Crippen LogP contribution >= 0.6 is 23.1 Å². The van der Waals surface area contributed by atoms with Crippen LogP contribution in [-0.2, 0) is 22.4 Å². The fourth-order valence-electron chi connectivity index (χ4n) is 3.75. The summed E-state index contributed by atoms with van der Waals surface area (Å²) in [5.74, 6) is 1.30. The third-order valence-electron chi connectivity index (χ3n) is 5.33. The molecule has 1 aliphatic rings. The number of nitrogens with zero attached hydrogens (tertiary/aromatic N) is 2. The van der Waals surface area contributed by atoms with Gasteiger partial charge in [-0.2, -0.15) is 0 Å². The molecule has 1 aromatic carbocycles. The van der Waals surface area contributed by atoms with E-state index in [0.29, 0.717) is 39.7 Å². The quantitative estimate of drug-likeness (QED) is 0.328. The van der Waals surface area contributed by atoms with Gasteiger partial charge in [-0.05, 0) is 50.3 Å². The normalized spacial score (nSPS) is 12.7. The van der Waals surface area contributed by atoms with Gasteiger partial charge in [0, 0.05) is 16.5 Å². The summed E-state index contributed by atoms with van der Waals surface area (Å²) < 4.78 is 15.9. The summed E-state index contributed by atoms with van der Waals surface area (Å²) in [4.78, 5) is 30.9. The molecule has 2 heterocycles. The second kappa shape index (κ2) is 10.9. The van der Waals surface area contributed by atoms with Crippen molar-refractivity contribution in [2.75, 3.05) is 31.9 Å². The number of carbonyl (C=O) groups excluding carboxylic acids is 2. The molecular weight excluding hydrogens is 476 g/mol. The largest absolute Gasteiger partial charge is 0.497 e. The van der Waals surface area contributed by atoms with Crippen molar-refractivity contribution >= 4 is 40.0 Å². The number of esters is 1. The van der Waals surface area contributed by atoms with Gasteiger partial charge in [0.25, 0.3) is 0 Å². The van der Waals surface area contributed by atoms with Crippen molar-refractivity contribution in [2.24, 2.45) is 0 Å². The van der Waals surface area contributed by atoms with Gasteiger partial charge in [0.1, 0.15) is 16.5 Å². The van der Waals surface area contributed by atoms with Gasteiger partial charge < -0.3 is 19.5 Å². The van der Waals surface area contributed by atoms with Gasteiger partial charge in [-0.15, -0.1) is 16.4 Å². The molecule has 11 heteroatoms. The molecule has 9 nitrogen and oxygen atoms in total. The van der Waals surface area contributed by atoms with Crippen LogP contribution in [0, 0.1) is 0 Å². The van der Waals surface area contributed by atoms with Crippen LogP contribution in [0.1, 0.15) is 40.6 Å². The van der Waals surface area contributed by atoms with E-state index in [9.17, 15) is 9.59 Å². The highest BCUT2D eigenvalue weighted by Crippen LogP contribution is 2.38. The minimum absolute atomic E-state index is 0.101. The number of hydrogen-bond donors (Lipinski definition) is 2. The van der Waals surface area contributed by atoms with Gasteiger partial charge in [-0.3, -0.25) is 9.89 Å². The van der Waals surface area contributed by atoms with Crippen molar-refractivity contribution in [1.82, 2.24) is 15.2 Å². The van der Waals surface area contributed by atoms with Gasteiger partial charge in [0.15, 0.2) is 5.82 Å². The molecule has 2 aromatic heterocycles. The third kappa shape index (κ3) is 5.36. The SMILES string of the molecule is CCOC(=O)c1c(NC(=O)CSc2n[nH]c(-c3cc(OC)cc(OC)c3)n2)sc2c1CCCC2. The highest BCUT2D eigenvalue weighted by atomic mass is 32.2. The topological polar surface area (TPSA) is 115 Å². The summed E-state index contributed by atoms with van der Waals surface area (Å²) in [6, 6.07) is 5.41. The van der Waals surface area contributed by atoms with Gasteiger partial charge in [0.2, 0.25) is 11.1 Å². The second-order valence-corrected chi connectivity index (χ2v) is 9.59. The maximum absolute atomic E-state index is 12.7. The zero-order valence-corrected chi connectivity index (χ0v) is 20.9. The molecule has 2 N–H and O–H groups in total. The Morgan fingerprint density at radius 3 is 2.59 bits per heavy atom. The van der Waals surface area contributed by atoms with Crippen molar-refractivity contribution in [3.8, 4) is 22.9 Å². The molecule has 0 radical (unpaired) electrons. The number of aromatic amines is 1. The molecule has 1 aliphatic carbocycles. The average Bonchev–Trinajstić information content (AvgIpc) is 3.47. The summed E-state index contributed by atoms with van der Waals surface area (Å²) in [5, 5.41) is 11.0. The molecule has 0 unspecified atom stereocenters. The van der Waals surface area contributed by atoms with E-state index in [1.54, 1.807) is 27.2 Å². The lowest BCUT2D eigenvalue weighted by Gasteiger charge is -2.12. The molecule has 0 fully saturated rings. The summed E-state index contributed by atoms with van der Waals surface area (Å²) >= 11 is 2.67. The number of anilines is 1.